The van der Waals surface area contributed by atoms with Gasteiger partial charge in [-0.25, -0.2) is 0 Å². The number of alkyl halides is 1. The Hall–Kier alpha value is -0.280. The van der Waals surface area contributed by atoms with Crippen molar-refractivity contribution in [3.63, 3.8) is 0 Å². The Kier molecular flexibility index (Phi) is 4.01. The molecule has 1 N–H and O–H groups in total. The van der Waals surface area contributed by atoms with Gasteiger partial charge in [0.15, 0.2) is 0 Å². The third kappa shape index (κ3) is 2.64. The van der Waals surface area contributed by atoms with Gasteiger partial charge in [-0.1, -0.05) is 20.8 Å². The summed E-state index contributed by atoms with van der Waals surface area (Å²) >= 11 is 5.93. The van der Waals surface area contributed by atoms with E-state index in [1.807, 2.05) is 6.92 Å². The maximum Gasteiger partial charge on any atom is 0.240 e. The second kappa shape index (κ2) is 4.71. The molecule has 1 rings (SSSR count). The Balaban J connectivity index is 2.65. The molecular weight excluding hydrogens is 214 g/mol. The lowest BCUT2D eigenvalue weighted by Gasteiger charge is -2.23. The molecule has 3 nitrogen and oxygen atoms in total. The summed E-state index contributed by atoms with van der Waals surface area (Å²) in [7, 11) is 0. The number of aliphatic hydroxyl groups is 1. The van der Waals surface area contributed by atoms with Crippen LogP contribution in [0.5, 0.6) is 0 Å². The third-order valence-corrected chi connectivity index (χ3v) is 3.80. The van der Waals surface area contributed by atoms with Crippen molar-refractivity contribution in [2.75, 3.05) is 19.7 Å². The molecule has 1 saturated heterocycles. The van der Waals surface area contributed by atoms with Gasteiger partial charge in [-0.05, 0) is 11.8 Å². The second-order valence-electron chi connectivity index (χ2n) is 4.96. The zero-order valence-electron chi connectivity index (χ0n) is 9.66. The van der Waals surface area contributed by atoms with E-state index in [0.717, 1.165) is 0 Å². The Labute approximate surface area is 96.4 Å². The lowest BCUT2D eigenvalue weighted by atomic mass is 9.83. The van der Waals surface area contributed by atoms with Crippen LogP contribution in [0.2, 0.25) is 0 Å². The molecular formula is C11H20ClNO2. The molecule has 0 aromatic rings. The molecule has 1 aliphatic rings. The van der Waals surface area contributed by atoms with Gasteiger partial charge in [-0.15, -0.1) is 11.6 Å². The van der Waals surface area contributed by atoms with Crippen LogP contribution in [0.15, 0.2) is 0 Å². The molecule has 1 amide bonds. The molecule has 0 saturated carbocycles. The first kappa shape index (κ1) is 12.8. The van der Waals surface area contributed by atoms with Crippen LogP contribution >= 0.6 is 11.6 Å². The molecule has 0 radical (unpaired) electrons. The highest BCUT2D eigenvalue weighted by Gasteiger charge is 2.41. The van der Waals surface area contributed by atoms with Crippen LogP contribution in [-0.4, -0.2) is 41.0 Å². The van der Waals surface area contributed by atoms with E-state index in [1.54, 1.807) is 4.90 Å². The van der Waals surface area contributed by atoms with Crippen molar-refractivity contribution in [2.45, 2.75) is 32.6 Å². The molecule has 2 atom stereocenters. The number of halogens is 1. The van der Waals surface area contributed by atoms with Crippen LogP contribution in [0.25, 0.3) is 0 Å². The van der Waals surface area contributed by atoms with E-state index >= 15 is 0 Å². The van der Waals surface area contributed by atoms with Crippen molar-refractivity contribution in [1.29, 1.82) is 0 Å². The highest BCUT2D eigenvalue weighted by atomic mass is 35.5. The van der Waals surface area contributed by atoms with E-state index in [9.17, 15) is 9.90 Å². The zero-order valence-corrected chi connectivity index (χ0v) is 10.4. The first-order valence-electron chi connectivity index (χ1n) is 5.46. The number of hydrogen-bond donors (Lipinski definition) is 1. The molecule has 0 aliphatic carbocycles. The van der Waals surface area contributed by atoms with Crippen LogP contribution in [-0.2, 0) is 4.79 Å². The monoisotopic (exact) mass is 233 g/mol. The van der Waals surface area contributed by atoms with Gasteiger partial charge in [0.2, 0.25) is 5.91 Å². The number of carbonyl (C=O) groups is 1. The van der Waals surface area contributed by atoms with Crippen LogP contribution in [0, 0.1) is 11.3 Å². The molecule has 0 spiro atoms. The van der Waals surface area contributed by atoms with Crippen LogP contribution < -0.4 is 0 Å². The maximum absolute atomic E-state index is 11.8. The Morgan fingerprint density at radius 3 is 2.67 bits per heavy atom. The molecule has 0 aromatic carbocycles. The van der Waals surface area contributed by atoms with Gasteiger partial charge in [0.1, 0.15) is 5.38 Å². The fourth-order valence-corrected chi connectivity index (χ4v) is 2.18. The number of likely N-dealkylation sites (tertiary alicyclic amines) is 1. The number of nitrogens with zero attached hydrogens (tertiary/aromatic N) is 1. The SMILES string of the molecule is CC[C@@H](Cl)C(=O)N1C[C@@H](CO)C(C)(C)C1. The molecule has 1 heterocycles. The number of amides is 1. The van der Waals surface area contributed by atoms with E-state index in [1.165, 1.54) is 0 Å². The minimum atomic E-state index is -0.418. The van der Waals surface area contributed by atoms with Gasteiger partial charge in [0.25, 0.3) is 0 Å². The molecule has 1 aliphatic heterocycles. The Morgan fingerprint density at radius 2 is 2.27 bits per heavy atom. The summed E-state index contributed by atoms with van der Waals surface area (Å²) in [5.41, 5.74) is -0.00520. The fourth-order valence-electron chi connectivity index (χ4n) is 2.04. The first-order valence-corrected chi connectivity index (χ1v) is 5.89. The van der Waals surface area contributed by atoms with E-state index < -0.39 is 5.38 Å². The number of aliphatic hydroxyl groups excluding tert-OH is 1. The van der Waals surface area contributed by atoms with Crippen molar-refractivity contribution in [3.05, 3.63) is 0 Å². The summed E-state index contributed by atoms with van der Waals surface area (Å²) < 4.78 is 0. The summed E-state index contributed by atoms with van der Waals surface area (Å²) in [6.45, 7) is 7.52. The molecule has 0 aromatic heterocycles. The molecule has 0 bridgehead atoms. The molecule has 15 heavy (non-hydrogen) atoms. The largest absolute Gasteiger partial charge is 0.396 e. The number of hydrogen-bond acceptors (Lipinski definition) is 2. The third-order valence-electron chi connectivity index (χ3n) is 3.30. The average molecular weight is 234 g/mol. The predicted molar refractivity (Wildman–Crippen MR) is 60.9 cm³/mol. The van der Waals surface area contributed by atoms with E-state index in [2.05, 4.69) is 13.8 Å². The number of rotatable bonds is 3. The quantitative estimate of drug-likeness (QED) is 0.751. The minimum absolute atomic E-state index is 0.00296. The standard InChI is InChI=1S/C11H20ClNO2/c1-4-9(12)10(15)13-5-8(6-14)11(2,3)7-13/h8-9,14H,4-7H2,1-3H3/t8-,9+/m0/s1. The normalized spacial score (nSPS) is 26.7. The fraction of sp³-hybridized carbons (Fsp3) is 0.909. The van der Waals surface area contributed by atoms with E-state index in [4.69, 9.17) is 11.6 Å². The van der Waals surface area contributed by atoms with Crippen LogP contribution in [0.4, 0.5) is 0 Å². The van der Waals surface area contributed by atoms with Crippen molar-refractivity contribution < 1.29 is 9.90 Å². The van der Waals surface area contributed by atoms with Gasteiger partial charge in [-0.3, -0.25) is 4.79 Å². The summed E-state index contributed by atoms with van der Waals surface area (Å²) in [5.74, 6) is 0.172. The van der Waals surface area contributed by atoms with Crippen LogP contribution in [0.1, 0.15) is 27.2 Å². The number of carbonyl (C=O) groups excluding carboxylic acids is 1. The highest BCUT2D eigenvalue weighted by molar-refractivity contribution is 6.30. The smallest absolute Gasteiger partial charge is 0.240 e. The van der Waals surface area contributed by atoms with Gasteiger partial charge in [0.05, 0.1) is 0 Å². The van der Waals surface area contributed by atoms with Crippen molar-refractivity contribution in [1.82, 2.24) is 4.90 Å². The average Bonchev–Trinajstić information content (AvgIpc) is 2.51. The van der Waals surface area contributed by atoms with E-state index in [-0.39, 0.29) is 23.8 Å². The lowest BCUT2D eigenvalue weighted by molar-refractivity contribution is -0.130. The highest BCUT2D eigenvalue weighted by Crippen LogP contribution is 2.35. The summed E-state index contributed by atoms with van der Waals surface area (Å²) in [5, 5.41) is 8.81. The lowest BCUT2D eigenvalue weighted by Crippen LogP contribution is -2.35. The van der Waals surface area contributed by atoms with Crippen molar-refractivity contribution >= 4 is 17.5 Å². The van der Waals surface area contributed by atoms with Crippen molar-refractivity contribution in [3.8, 4) is 0 Å². The van der Waals surface area contributed by atoms with Gasteiger partial charge >= 0.3 is 0 Å². The van der Waals surface area contributed by atoms with E-state index in [0.29, 0.717) is 19.5 Å². The Morgan fingerprint density at radius 1 is 1.67 bits per heavy atom. The minimum Gasteiger partial charge on any atom is -0.396 e. The van der Waals surface area contributed by atoms with Gasteiger partial charge in [0, 0.05) is 25.6 Å². The molecule has 88 valence electrons. The first-order chi connectivity index (χ1) is 6.92. The second-order valence-corrected chi connectivity index (χ2v) is 5.49. The Bertz CT molecular complexity index is 243. The maximum atomic E-state index is 11.8. The predicted octanol–water partition coefficient (Wildman–Crippen LogP) is 1.48. The summed E-state index contributed by atoms with van der Waals surface area (Å²) in [6, 6.07) is 0. The molecule has 0 unspecified atom stereocenters. The molecule has 1 fully saturated rings. The van der Waals surface area contributed by atoms with Crippen molar-refractivity contribution in [2.24, 2.45) is 11.3 Å². The van der Waals surface area contributed by atoms with Gasteiger partial charge < -0.3 is 10.0 Å². The van der Waals surface area contributed by atoms with Crippen LogP contribution in [0.3, 0.4) is 0 Å². The summed E-state index contributed by atoms with van der Waals surface area (Å²) in [4.78, 5) is 13.6. The van der Waals surface area contributed by atoms with Gasteiger partial charge in [-0.2, -0.15) is 0 Å². The topological polar surface area (TPSA) is 40.5 Å². The summed E-state index contributed by atoms with van der Waals surface area (Å²) in [6.07, 6.45) is 0.654. The molecule has 4 heteroatoms. The zero-order chi connectivity index (χ0) is 11.6.